The number of carbonyl (C=O) groups excluding carboxylic acids is 2. The molecule has 0 amide bonds. The van der Waals surface area contributed by atoms with Crippen molar-refractivity contribution in [1.82, 2.24) is 5.32 Å². The molecule has 0 radical (unpaired) electrons. The van der Waals surface area contributed by atoms with Gasteiger partial charge in [-0.3, -0.25) is 4.79 Å². The number of hydrogen-bond donors (Lipinski definition) is 1. The van der Waals surface area contributed by atoms with Gasteiger partial charge in [-0.2, -0.15) is 0 Å². The molecule has 3 rings (SSSR count). The summed E-state index contributed by atoms with van der Waals surface area (Å²) < 4.78 is 16.1. The first-order valence-corrected chi connectivity index (χ1v) is 10.1. The van der Waals surface area contributed by atoms with Gasteiger partial charge in [-0.05, 0) is 51.3 Å². The Labute approximate surface area is 171 Å². The molecule has 2 aliphatic rings. The van der Waals surface area contributed by atoms with Crippen LogP contribution in [0.25, 0.3) is 0 Å². The van der Waals surface area contributed by atoms with Crippen LogP contribution in [-0.2, 0) is 19.1 Å². The first-order chi connectivity index (χ1) is 13.9. The van der Waals surface area contributed by atoms with Crippen LogP contribution in [0, 0.1) is 0 Å². The van der Waals surface area contributed by atoms with Crippen molar-refractivity contribution in [2.75, 3.05) is 20.3 Å². The minimum absolute atomic E-state index is 0.0717. The zero-order valence-corrected chi connectivity index (χ0v) is 17.5. The fourth-order valence-corrected chi connectivity index (χ4v) is 3.89. The van der Waals surface area contributed by atoms with Crippen LogP contribution < -0.4 is 10.1 Å². The van der Waals surface area contributed by atoms with Crippen LogP contribution in [0.5, 0.6) is 5.75 Å². The lowest BCUT2D eigenvalue weighted by atomic mass is 9.75. The maximum Gasteiger partial charge on any atom is 0.336 e. The number of allylic oxidation sites excluding steroid dienone is 3. The summed E-state index contributed by atoms with van der Waals surface area (Å²) in [4.78, 5) is 25.8. The zero-order chi connectivity index (χ0) is 21.0. The van der Waals surface area contributed by atoms with Gasteiger partial charge in [-0.25, -0.2) is 4.79 Å². The standard InChI is InChI=1S/C23H29NO5/c1-14(2)29-17-10-8-16(9-11-17)21-20(23(26)28-13-12-27-4)15(3)24-18-6-5-7-19(25)22(18)21/h8-11,14,21,24H,5-7,12-13H2,1-4H3/t21-/m0/s1. The molecule has 1 heterocycles. The number of Topliss-reactive ketones (excluding diaryl/α,β-unsaturated/α-hetero) is 1. The molecule has 1 aromatic carbocycles. The predicted molar refractivity (Wildman–Crippen MR) is 110 cm³/mol. The number of dihydropyridines is 1. The van der Waals surface area contributed by atoms with E-state index in [0.29, 0.717) is 24.2 Å². The molecule has 0 spiro atoms. The van der Waals surface area contributed by atoms with E-state index in [4.69, 9.17) is 14.2 Å². The Morgan fingerprint density at radius 2 is 1.90 bits per heavy atom. The van der Waals surface area contributed by atoms with E-state index in [1.165, 1.54) is 0 Å². The van der Waals surface area contributed by atoms with Crippen LogP contribution in [-0.4, -0.2) is 38.2 Å². The van der Waals surface area contributed by atoms with E-state index in [9.17, 15) is 9.59 Å². The third-order valence-corrected chi connectivity index (χ3v) is 5.10. The number of rotatable bonds is 7. The Morgan fingerprint density at radius 3 is 2.55 bits per heavy atom. The molecular weight excluding hydrogens is 370 g/mol. The number of ether oxygens (including phenoxy) is 3. The second-order valence-electron chi connectivity index (χ2n) is 7.63. The van der Waals surface area contributed by atoms with Crippen molar-refractivity contribution in [3.63, 3.8) is 0 Å². The molecule has 1 N–H and O–H groups in total. The third-order valence-electron chi connectivity index (χ3n) is 5.10. The van der Waals surface area contributed by atoms with Gasteiger partial charge < -0.3 is 19.5 Å². The van der Waals surface area contributed by atoms with Crippen LogP contribution in [0.2, 0.25) is 0 Å². The van der Waals surface area contributed by atoms with Gasteiger partial charge in [0.25, 0.3) is 0 Å². The van der Waals surface area contributed by atoms with E-state index in [1.54, 1.807) is 7.11 Å². The lowest BCUT2D eigenvalue weighted by Gasteiger charge is -2.34. The number of nitrogens with one attached hydrogen (secondary N) is 1. The molecule has 0 aromatic heterocycles. The number of carbonyl (C=O) groups is 2. The highest BCUT2D eigenvalue weighted by atomic mass is 16.6. The molecule has 29 heavy (non-hydrogen) atoms. The van der Waals surface area contributed by atoms with Crippen molar-refractivity contribution >= 4 is 11.8 Å². The largest absolute Gasteiger partial charge is 0.491 e. The summed E-state index contributed by atoms with van der Waals surface area (Å²) in [6.07, 6.45) is 2.19. The number of ketones is 1. The first kappa shape index (κ1) is 21.1. The number of esters is 1. The molecule has 0 saturated heterocycles. The average molecular weight is 399 g/mol. The topological polar surface area (TPSA) is 73.9 Å². The van der Waals surface area contributed by atoms with Crippen molar-refractivity contribution in [2.45, 2.75) is 52.1 Å². The molecule has 156 valence electrons. The lowest BCUT2D eigenvalue weighted by Crippen LogP contribution is -2.34. The predicted octanol–water partition coefficient (Wildman–Crippen LogP) is 3.63. The third kappa shape index (κ3) is 4.70. The number of benzene rings is 1. The van der Waals surface area contributed by atoms with Crippen molar-refractivity contribution < 1.29 is 23.8 Å². The van der Waals surface area contributed by atoms with E-state index in [2.05, 4.69) is 5.32 Å². The van der Waals surface area contributed by atoms with E-state index in [0.717, 1.165) is 35.5 Å². The van der Waals surface area contributed by atoms with E-state index in [-0.39, 0.29) is 18.5 Å². The van der Waals surface area contributed by atoms with E-state index < -0.39 is 11.9 Å². The Morgan fingerprint density at radius 1 is 1.17 bits per heavy atom. The summed E-state index contributed by atoms with van der Waals surface area (Å²) >= 11 is 0. The van der Waals surface area contributed by atoms with Crippen LogP contribution in [0.1, 0.15) is 51.5 Å². The summed E-state index contributed by atoms with van der Waals surface area (Å²) in [6.45, 7) is 6.29. The first-order valence-electron chi connectivity index (χ1n) is 10.1. The summed E-state index contributed by atoms with van der Waals surface area (Å²) in [5, 5.41) is 3.29. The van der Waals surface area contributed by atoms with Gasteiger partial charge in [0.05, 0.1) is 18.3 Å². The van der Waals surface area contributed by atoms with Gasteiger partial charge in [0.1, 0.15) is 12.4 Å². The molecule has 0 unspecified atom stereocenters. The van der Waals surface area contributed by atoms with Crippen molar-refractivity contribution in [3.05, 3.63) is 52.4 Å². The van der Waals surface area contributed by atoms with Crippen molar-refractivity contribution in [2.24, 2.45) is 0 Å². The van der Waals surface area contributed by atoms with Crippen LogP contribution >= 0.6 is 0 Å². The monoisotopic (exact) mass is 399 g/mol. The molecule has 6 heteroatoms. The van der Waals surface area contributed by atoms with Gasteiger partial charge in [0.2, 0.25) is 0 Å². The van der Waals surface area contributed by atoms with Gasteiger partial charge in [-0.1, -0.05) is 12.1 Å². The normalized spacial score (nSPS) is 19.2. The van der Waals surface area contributed by atoms with Crippen molar-refractivity contribution in [3.8, 4) is 5.75 Å². The minimum atomic E-state index is -0.442. The molecule has 0 bridgehead atoms. The molecular formula is C23H29NO5. The van der Waals surface area contributed by atoms with Gasteiger partial charge in [0, 0.05) is 36.4 Å². The Balaban J connectivity index is 2.00. The number of methoxy groups -OCH3 is 1. The van der Waals surface area contributed by atoms with Gasteiger partial charge >= 0.3 is 5.97 Å². The Bertz CT molecular complexity index is 835. The molecule has 1 atom stereocenters. The quantitative estimate of drug-likeness (QED) is 0.558. The van der Waals surface area contributed by atoms with Crippen LogP contribution in [0.3, 0.4) is 0 Å². The Hall–Kier alpha value is -2.60. The highest BCUT2D eigenvalue weighted by Crippen LogP contribution is 2.42. The summed E-state index contributed by atoms with van der Waals surface area (Å²) in [7, 11) is 1.56. The van der Waals surface area contributed by atoms with E-state index in [1.807, 2.05) is 45.0 Å². The smallest absolute Gasteiger partial charge is 0.336 e. The summed E-state index contributed by atoms with van der Waals surface area (Å²) in [5.41, 5.74) is 3.68. The van der Waals surface area contributed by atoms with Gasteiger partial charge in [-0.15, -0.1) is 0 Å². The zero-order valence-electron chi connectivity index (χ0n) is 17.5. The maximum absolute atomic E-state index is 12.9. The lowest BCUT2D eigenvalue weighted by molar-refractivity contribution is -0.140. The highest BCUT2D eigenvalue weighted by molar-refractivity contribution is 6.03. The SMILES string of the molecule is COCCOC(=O)C1=C(C)NC2=C(C(=O)CCC2)[C@H]1c1ccc(OC(C)C)cc1. The fraction of sp³-hybridized carbons (Fsp3) is 0.478. The second-order valence-corrected chi connectivity index (χ2v) is 7.63. The fourth-order valence-electron chi connectivity index (χ4n) is 3.89. The molecule has 0 saturated carbocycles. The summed E-state index contributed by atoms with van der Waals surface area (Å²) in [6, 6.07) is 7.62. The van der Waals surface area contributed by atoms with Crippen LogP contribution in [0.4, 0.5) is 0 Å². The van der Waals surface area contributed by atoms with Crippen LogP contribution in [0.15, 0.2) is 46.8 Å². The summed E-state index contributed by atoms with van der Waals surface area (Å²) in [5.74, 6) is -0.0283. The second kappa shape index (κ2) is 9.27. The molecule has 0 fully saturated rings. The average Bonchev–Trinajstić information content (AvgIpc) is 2.67. The molecule has 1 aliphatic heterocycles. The Kier molecular flexibility index (Phi) is 6.75. The van der Waals surface area contributed by atoms with E-state index >= 15 is 0 Å². The number of hydrogen-bond acceptors (Lipinski definition) is 6. The highest BCUT2D eigenvalue weighted by Gasteiger charge is 2.39. The minimum Gasteiger partial charge on any atom is -0.491 e. The van der Waals surface area contributed by atoms with Gasteiger partial charge in [0.15, 0.2) is 5.78 Å². The molecule has 1 aliphatic carbocycles. The maximum atomic E-state index is 12.9. The molecule has 6 nitrogen and oxygen atoms in total. The van der Waals surface area contributed by atoms with Crippen molar-refractivity contribution in [1.29, 1.82) is 0 Å². The molecule has 1 aromatic rings.